The second kappa shape index (κ2) is 6.63. The fraction of sp³-hybridized carbons (Fsp3) is 1.00. The maximum Gasteiger partial charge on any atom is 0.0907 e. The van der Waals surface area contributed by atoms with Gasteiger partial charge in [0.15, 0.2) is 0 Å². The van der Waals surface area contributed by atoms with Gasteiger partial charge in [0.2, 0.25) is 0 Å². The fourth-order valence-corrected chi connectivity index (χ4v) is 3.11. The first-order valence-corrected chi connectivity index (χ1v) is 8.22. The van der Waals surface area contributed by atoms with Crippen molar-refractivity contribution in [3.63, 3.8) is 0 Å². The Balaban J connectivity index is 4.45. The quantitative estimate of drug-likeness (QED) is 0.448. The predicted molar refractivity (Wildman–Crippen MR) is 72.0 cm³/mol. The smallest absolute Gasteiger partial charge is 0.0907 e. The van der Waals surface area contributed by atoms with Crippen LogP contribution in [0.5, 0.6) is 0 Å². The zero-order valence-corrected chi connectivity index (χ0v) is 12.9. The standard InChI is InChI=1S/C11H29N3Si/c1-8(2)12-10(5)11(6,14-15-7)13-9(3)4/h8-10,12-14H,15H2,1-7H3. The van der Waals surface area contributed by atoms with E-state index in [-0.39, 0.29) is 15.3 Å². The Morgan fingerprint density at radius 3 is 1.87 bits per heavy atom. The van der Waals surface area contributed by atoms with Crippen LogP contribution in [0.1, 0.15) is 41.5 Å². The minimum Gasteiger partial charge on any atom is -0.325 e. The lowest BCUT2D eigenvalue weighted by Crippen LogP contribution is -2.67. The summed E-state index contributed by atoms with van der Waals surface area (Å²) in [5.41, 5.74) is 0.0133. The second-order valence-corrected chi connectivity index (χ2v) is 6.14. The van der Waals surface area contributed by atoms with E-state index >= 15 is 0 Å². The van der Waals surface area contributed by atoms with Crippen molar-refractivity contribution in [1.82, 2.24) is 15.6 Å². The molecule has 0 amide bonds. The minimum atomic E-state index is -0.162. The highest BCUT2D eigenvalue weighted by Gasteiger charge is 2.30. The number of nitrogens with one attached hydrogen (secondary N) is 3. The van der Waals surface area contributed by atoms with Crippen LogP contribution >= 0.6 is 0 Å². The molecule has 0 fully saturated rings. The first-order chi connectivity index (χ1) is 6.81. The lowest BCUT2D eigenvalue weighted by atomic mass is 10.0. The molecule has 15 heavy (non-hydrogen) atoms. The molecule has 0 radical (unpaired) electrons. The van der Waals surface area contributed by atoms with Crippen LogP contribution in [-0.2, 0) is 0 Å². The Morgan fingerprint density at radius 2 is 1.53 bits per heavy atom. The minimum absolute atomic E-state index is 0.0133. The molecule has 92 valence electrons. The molecule has 0 bridgehead atoms. The van der Waals surface area contributed by atoms with E-state index in [9.17, 15) is 0 Å². The Hall–Kier alpha value is 0.0969. The van der Waals surface area contributed by atoms with E-state index in [1.54, 1.807) is 0 Å². The molecule has 0 aliphatic carbocycles. The van der Waals surface area contributed by atoms with Crippen molar-refractivity contribution in [2.75, 3.05) is 0 Å². The summed E-state index contributed by atoms with van der Waals surface area (Å²) in [4.78, 5) is 3.66. The van der Waals surface area contributed by atoms with Crippen LogP contribution in [-0.4, -0.2) is 33.5 Å². The third-order valence-corrected chi connectivity index (χ3v) is 3.67. The van der Waals surface area contributed by atoms with Crippen LogP contribution in [0.15, 0.2) is 0 Å². The SMILES string of the molecule is C[SiH2]NC(C)(NC(C)C)C(C)NC(C)C. The van der Waals surface area contributed by atoms with Gasteiger partial charge < -0.3 is 10.3 Å². The Morgan fingerprint density at radius 1 is 1.00 bits per heavy atom. The molecule has 2 atom stereocenters. The zero-order valence-electron chi connectivity index (χ0n) is 11.4. The van der Waals surface area contributed by atoms with Crippen LogP contribution in [0.4, 0.5) is 0 Å². The van der Waals surface area contributed by atoms with Gasteiger partial charge in [-0.2, -0.15) is 0 Å². The first kappa shape index (κ1) is 15.1. The van der Waals surface area contributed by atoms with Crippen molar-refractivity contribution in [3.05, 3.63) is 0 Å². The fourth-order valence-electron chi connectivity index (χ4n) is 1.96. The average Bonchev–Trinajstić information content (AvgIpc) is 2.01. The van der Waals surface area contributed by atoms with E-state index in [2.05, 4.69) is 63.7 Å². The molecule has 0 saturated heterocycles. The summed E-state index contributed by atoms with van der Waals surface area (Å²) in [6, 6.07) is 1.44. The van der Waals surface area contributed by atoms with Gasteiger partial charge >= 0.3 is 0 Å². The molecule has 0 heterocycles. The Bertz CT molecular complexity index is 173. The van der Waals surface area contributed by atoms with Crippen LogP contribution in [0.2, 0.25) is 6.55 Å². The summed E-state index contributed by atoms with van der Waals surface area (Å²) >= 11 is 0. The first-order valence-electron chi connectivity index (χ1n) is 6.10. The van der Waals surface area contributed by atoms with Gasteiger partial charge in [0, 0.05) is 18.1 Å². The van der Waals surface area contributed by atoms with Gasteiger partial charge in [-0.15, -0.1) is 0 Å². The van der Waals surface area contributed by atoms with Crippen LogP contribution < -0.4 is 15.6 Å². The van der Waals surface area contributed by atoms with Crippen LogP contribution in [0.3, 0.4) is 0 Å². The largest absolute Gasteiger partial charge is 0.325 e. The van der Waals surface area contributed by atoms with Crippen molar-refractivity contribution in [2.24, 2.45) is 0 Å². The van der Waals surface area contributed by atoms with E-state index in [0.29, 0.717) is 18.1 Å². The molecule has 0 rings (SSSR count). The van der Waals surface area contributed by atoms with E-state index in [4.69, 9.17) is 0 Å². The van der Waals surface area contributed by atoms with Crippen molar-refractivity contribution in [2.45, 2.75) is 71.9 Å². The molecule has 2 unspecified atom stereocenters. The molecule has 0 aromatic heterocycles. The Labute approximate surface area is 97.7 Å². The van der Waals surface area contributed by atoms with Crippen LogP contribution in [0, 0.1) is 0 Å². The van der Waals surface area contributed by atoms with Crippen molar-refractivity contribution >= 4 is 9.68 Å². The van der Waals surface area contributed by atoms with Gasteiger partial charge in [-0.05, 0) is 27.7 Å². The summed E-state index contributed by atoms with van der Waals surface area (Å²) in [7, 11) is -0.162. The van der Waals surface area contributed by atoms with E-state index in [1.165, 1.54) is 0 Å². The highest BCUT2D eigenvalue weighted by molar-refractivity contribution is 6.30. The van der Waals surface area contributed by atoms with Crippen LogP contribution in [0.25, 0.3) is 0 Å². The molecule has 0 aliphatic heterocycles. The predicted octanol–water partition coefficient (Wildman–Crippen LogP) is 0.809. The summed E-state index contributed by atoms with van der Waals surface area (Å²) in [5, 5.41) is 7.19. The lowest BCUT2D eigenvalue weighted by Gasteiger charge is -2.40. The third-order valence-electron chi connectivity index (χ3n) is 2.58. The molecule has 0 aliphatic rings. The molecule has 3 nitrogen and oxygen atoms in total. The molecule has 0 aromatic rings. The Kier molecular flexibility index (Phi) is 6.67. The van der Waals surface area contributed by atoms with Gasteiger partial charge in [0.1, 0.15) is 0 Å². The molecule has 0 spiro atoms. The van der Waals surface area contributed by atoms with Gasteiger partial charge in [0.25, 0.3) is 0 Å². The summed E-state index contributed by atoms with van der Waals surface area (Å²) in [5.74, 6) is 0. The van der Waals surface area contributed by atoms with Gasteiger partial charge in [-0.1, -0.05) is 20.4 Å². The maximum absolute atomic E-state index is 3.66. The highest BCUT2D eigenvalue weighted by Crippen LogP contribution is 2.08. The second-order valence-electron chi connectivity index (χ2n) is 5.07. The molecular formula is C11H29N3Si. The molecule has 0 aromatic carbocycles. The van der Waals surface area contributed by atoms with Gasteiger partial charge in [-0.25, -0.2) is 0 Å². The molecule has 4 heteroatoms. The number of hydrogen-bond donors (Lipinski definition) is 3. The van der Waals surface area contributed by atoms with Crippen molar-refractivity contribution in [3.8, 4) is 0 Å². The summed E-state index contributed by atoms with van der Waals surface area (Å²) < 4.78 is 0. The van der Waals surface area contributed by atoms with Gasteiger partial charge in [-0.3, -0.25) is 5.32 Å². The normalized spacial score (nSPS) is 19.0. The summed E-state index contributed by atoms with van der Waals surface area (Å²) in [6.07, 6.45) is 0. The molecular weight excluding hydrogens is 202 g/mol. The molecule has 3 N–H and O–H groups in total. The average molecular weight is 231 g/mol. The topological polar surface area (TPSA) is 36.1 Å². The third kappa shape index (κ3) is 5.66. The number of hydrogen-bond acceptors (Lipinski definition) is 3. The summed E-state index contributed by atoms with van der Waals surface area (Å²) in [6.45, 7) is 15.5. The van der Waals surface area contributed by atoms with Crippen molar-refractivity contribution in [1.29, 1.82) is 0 Å². The van der Waals surface area contributed by atoms with E-state index in [0.717, 1.165) is 0 Å². The van der Waals surface area contributed by atoms with Crippen molar-refractivity contribution < 1.29 is 0 Å². The van der Waals surface area contributed by atoms with E-state index in [1.807, 2.05) is 0 Å². The number of rotatable bonds is 7. The van der Waals surface area contributed by atoms with E-state index < -0.39 is 0 Å². The maximum atomic E-state index is 3.66. The monoisotopic (exact) mass is 231 g/mol. The molecule has 0 saturated carbocycles. The zero-order chi connectivity index (χ0) is 12.1. The lowest BCUT2D eigenvalue weighted by molar-refractivity contribution is 0.223. The van der Waals surface area contributed by atoms with Gasteiger partial charge in [0.05, 0.1) is 15.3 Å². The highest BCUT2D eigenvalue weighted by atomic mass is 28.2.